The third-order valence-corrected chi connectivity index (χ3v) is 2.06. The normalized spacial score (nSPS) is 20.9. The van der Waals surface area contributed by atoms with Crippen LogP contribution in [0.1, 0.15) is 13.8 Å². The van der Waals surface area contributed by atoms with E-state index in [0.717, 1.165) is 26.8 Å². The highest BCUT2D eigenvalue weighted by atomic mass is 32.3. The highest BCUT2D eigenvalue weighted by molar-refractivity contribution is 7.80. The number of morpholine rings is 1. The van der Waals surface area contributed by atoms with E-state index >= 15 is 0 Å². The number of hydrogen-bond acceptors (Lipinski definition) is 5. The molecule has 0 aromatic rings. The lowest BCUT2D eigenvalue weighted by molar-refractivity contribution is -0.684. The Morgan fingerprint density at radius 2 is 2.00 bits per heavy atom. The molecule has 1 aliphatic heterocycles. The van der Waals surface area contributed by atoms with Crippen LogP contribution in [0.5, 0.6) is 0 Å². The van der Waals surface area contributed by atoms with Gasteiger partial charge in [-0.15, -0.1) is 0 Å². The molecule has 0 atom stereocenters. The molecule has 0 unspecified atom stereocenters. The topological polar surface area (TPSA) is 92.3 Å². The minimum absolute atomic E-state index is 0.123. The molecule has 0 aromatic heterocycles. The lowest BCUT2D eigenvalue weighted by Crippen LogP contribution is -2.91. The van der Waals surface area contributed by atoms with E-state index in [2.05, 4.69) is 23.3 Å². The molecule has 1 fully saturated rings. The van der Waals surface area contributed by atoms with Crippen LogP contribution in [0.3, 0.4) is 0 Å². The van der Waals surface area contributed by atoms with E-state index in [-0.39, 0.29) is 5.60 Å². The SMILES string of the molecule is CC1(C)C[NH2+]CCO1.COS(=O)(=O)[O-]. The molecule has 0 bridgehead atoms. The summed E-state index contributed by atoms with van der Waals surface area (Å²) >= 11 is 0. The van der Waals surface area contributed by atoms with Crippen LogP contribution in [0.4, 0.5) is 0 Å². The summed E-state index contributed by atoms with van der Waals surface area (Å²) in [6, 6.07) is 0. The summed E-state index contributed by atoms with van der Waals surface area (Å²) in [6.07, 6.45) is 0. The first-order chi connectivity index (χ1) is 6.27. The highest BCUT2D eigenvalue weighted by Crippen LogP contribution is 2.05. The predicted molar refractivity (Wildman–Crippen MR) is 48.4 cm³/mol. The summed E-state index contributed by atoms with van der Waals surface area (Å²) in [6.45, 7) is 7.40. The predicted octanol–water partition coefficient (Wildman–Crippen LogP) is -1.55. The minimum atomic E-state index is -4.41. The van der Waals surface area contributed by atoms with Gasteiger partial charge in [0.15, 0.2) is 0 Å². The zero-order chi connectivity index (χ0) is 11.2. The first-order valence-corrected chi connectivity index (χ1v) is 5.57. The van der Waals surface area contributed by atoms with Gasteiger partial charge in [0.25, 0.3) is 0 Å². The van der Waals surface area contributed by atoms with Gasteiger partial charge in [0, 0.05) is 0 Å². The molecule has 1 saturated heterocycles. The Kier molecular flexibility index (Phi) is 5.53. The molecule has 1 aliphatic rings. The van der Waals surface area contributed by atoms with E-state index in [1.54, 1.807) is 0 Å². The van der Waals surface area contributed by atoms with Crippen molar-refractivity contribution >= 4 is 10.4 Å². The van der Waals surface area contributed by atoms with Gasteiger partial charge in [-0.3, -0.25) is 4.18 Å². The smallest absolute Gasteiger partial charge is 0.217 e. The zero-order valence-corrected chi connectivity index (χ0v) is 9.46. The molecular formula is C7H17NO5S. The molecule has 1 heterocycles. The van der Waals surface area contributed by atoms with E-state index in [4.69, 9.17) is 4.74 Å². The van der Waals surface area contributed by atoms with Crippen molar-refractivity contribution in [3.05, 3.63) is 0 Å². The first-order valence-electron chi connectivity index (χ1n) is 4.24. The van der Waals surface area contributed by atoms with Crippen LogP contribution in [-0.2, 0) is 19.3 Å². The monoisotopic (exact) mass is 227 g/mol. The molecule has 6 nitrogen and oxygen atoms in total. The quantitative estimate of drug-likeness (QED) is 0.432. The van der Waals surface area contributed by atoms with Crippen molar-refractivity contribution in [2.75, 3.05) is 26.8 Å². The molecule has 1 rings (SSSR count). The van der Waals surface area contributed by atoms with E-state index in [9.17, 15) is 13.0 Å². The summed E-state index contributed by atoms with van der Waals surface area (Å²) in [7, 11) is -3.60. The third-order valence-electron chi connectivity index (χ3n) is 1.65. The maximum absolute atomic E-state index is 9.22. The third kappa shape index (κ3) is 8.39. The van der Waals surface area contributed by atoms with Crippen LogP contribution in [0, 0.1) is 0 Å². The number of nitrogens with two attached hydrogens (primary N) is 1. The van der Waals surface area contributed by atoms with Crippen molar-refractivity contribution in [3.8, 4) is 0 Å². The molecule has 0 saturated carbocycles. The molecule has 0 aromatic carbocycles. The lowest BCUT2D eigenvalue weighted by atomic mass is 10.1. The highest BCUT2D eigenvalue weighted by Gasteiger charge is 2.23. The maximum Gasteiger partial charge on any atom is 0.217 e. The van der Waals surface area contributed by atoms with Crippen molar-refractivity contribution < 1.29 is 27.2 Å². The summed E-state index contributed by atoms with van der Waals surface area (Å²) < 4.78 is 36.5. The average Bonchev–Trinajstić information content (AvgIpc) is 2.04. The van der Waals surface area contributed by atoms with E-state index in [0.29, 0.717) is 0 Å². The Bertz CT molecular complexity index is 241. The van der Waals surface area contributed by atoms with Crippen LogP contribution in [0.25, 0.3) is 0 Å². The van der Waals surface area contributed by atoms with Gasteiger partial charge in [-0.2, -0.15) is 0 Å². The van der Waals surface area contributed by atoms with Gasteiger partial charge in [-0.25, -0.2) is 8.42 Å². The van der Waals surface area contributed by atoms with Crippen LogP contribution < -0.4 is 5.32 Å². The first kappa shape index (κ1) is 13.8. The Morgan fingerprint density at radius 3 is 2.14 bits per heavy atom. The van der Waals surface area contributed by atoms with Gasteiger partial charge in [0.2, 0.25) is 10.4 Å². The van der Waals surface area contributed by atoms with Crippen LogP contribution in [0.15, 0.2) is 0 Å². The van der Waals surface area contributed by atoms with E-state index < -0.39 is 10.4 Å². The molecular weight excluding hydrogens is 210 g/mol. The lowest BCUT2D eigenvalue weighted by Gasteiger charge is -2.27. The summed E-state index contributed by atoms with van der Waals surface area (Å²) in [5.41, 5.74) is 0.123. The maximum atomic E-state index is 9.22. The molecule has 0 spiro atoms. The van der Waals surface area contributed by atoms with Gasteiger partial charge in [-0.1, -0.05) is 0 Å². The molecule has 0 aliphatic carbocycles. The number of rotatable bonds is 1. The summed E-state index contributed by atoms with van der Waals surface area (Å²) in [5.74, 6) is 0. The van der Waals surface area contributed by atoms with Crippen molar-refractivity contribution in [3.63, 3.8) is 0 Å². The molecule has 7 heteroatoms. The molecule has 2 N–H and O–H groups in total. The molecule has 0 radical (unpaired) electrons. The summed E-state index contributed by atoms with van der Waals surface area (Å²) in [5, 5.41) is 2.30. The van der Waals surface area contributed by atoms with Gasteiger partial charge in [0.05, 0.1) is 20.3 Å². The van der Waals surface area contributed by atoms with Gasteiger partial charge >= 0.3 is 0 Å². The van der Waals surface area contributed by atoms with E-state index in [1.165, 1.54) is 0 Å². The zero-order valence-electron chi connectivity index (χ0n) is 8.65. The Hall–Kier alpha value is -0.210. The van der Waals surface area contributed by atoms with Gasteiger partial charge in [-0.05, 0) is 13.8 Å². The average molecular weight is 227 g/mol. The fourth-order valence-electron chi connectivity index (χ4n) is 0.927. The largest absolute Gasteiger partial charge is 0.726 e. The molecule has 14 heavy (non-hydrogen) atoms. The Morgan fingerprint density at radius 1 is 1.50 bits per heavy atom. The molecule has 0 amide bonds. The van der Waals surface area contributed by atoms with Crippen molar-refractivity contribution in [2.45, 2.75) is 19.4 Å². The van der Waals surface area contributed by atoms with Gasteiger partial charge in [0.1, 0.15) is 12.1 Å². The van der Waals surface area contributed by atoms with Crippen molar-refractivity contribution in [1.82, 2.24) is 0 Å². The number of hydrogen-bond donors (Lipinski definition) is 1. The number of ether oxygens (including phenoxy) is 1. The summed E-state index contributed by atoms with van der Waals surface area (Å²) in [4.78, 5) is 0. The fraction of sp³-hybridized carbons (Fsp3) is 1.00. The second-order valence-corrected chi connectivity index (χ2v) is 4.61. The standard InChI is InChI=1S/C6H13NO.CH4O4S/c1-6(2)5-7-3-4-8-6;1-5-6(2,3)4/h7H,3-5H2,1-2H3;1H3,(H,2,3,4). The van der Waals surface area contributed by atoms with Crippen LogP contribution in [-0.4, -0.2) is 45.4 Å². The minimum Gasteiger partial charge on any atom is -0.726 e. The fourth-order valence-corrected chi connectivity index (χ4v) is 0.927. The Labute approximate surface area is 84.5 Å². The van der Waals surface area contributed by atoms with Gasteiger partial charge < -0.3 is 14.6 Å². The second-order valence-electron chi connectivity index (χ2n) is 3.46. The van der Waals surface area contributed by atoms with Crippen molar-refractivity contribution in [1.29, 1.82) is 0 Å². The number of quaternary nitrogens is 1. The van der Waals surface area contributed by atoms with Crippen LogP contribution in [0.2, 0.25) is 0 Å². The molecule has 86 valence electrons. The van der Waals surface area contributed by atoms with E-state index in [1.807, 2.05) is 0 Å². The van der Waals surface area contributed by atoms with Crippen LogP contribution >= 0.6 is 0 Å². The second kappa shape index (κ2) is 5.62. The Balaban J connectivity index is 0.000000255. The van der Waals surface area contributed by atoms with Crippen molar-refractivity contribution in [2.24, 2.45) is 0 Å².